The van der Waals surface area contributed by atoms with Crippen molar-refractivity contribution in [1.29, 1.82) is 0 Å². The largest absolute Gasteiger partial charge is 1.00 e. The van der Waals surface area contributed by atoms with Crippen molar-refractivity contribution < 1.29 is 91.5 Å². The molecule has 0 bridgehead atoms. The van der Waals surface area contributed by atoms with Gasteiger partial charge in [0.05, 0.1) is 15.2 Å². The topological polar surface area (TPSA) is 155 Å². The zero-order valence-electron chi connectivity index (χ0n) is 28.2. The second kappa shape index (κ2) is 16.1. The van der Waals surface area contributed by atoms with E-state index in [9.17, 15) is 35.5 Å². The van der Waals surface area contributed by atoms with Gasteiger partial charge in [-0.1, -0.05) is 43.4 Å². The van der Waals surface area contributed by atoms with E-state index < -0.39 is 31.1 Å². The average molecular weight is 759 g/mol. The van der Waals surface area contributed by atoms with Crippen molar-refractivity contribution in [3.63, 3.8) is 0 Å². The molecule has 2 aromatic rings. The molecule has 0 spiro atoms. The molecule has 2 heterocycles. The number of allylic oxidation sites excluding steroid dienone is 4. The van der Waals surface area contributed by atoms with Crippen LogP contribution in [0.15, 0.2) is 70.1 Å². The summed E-state index contributed by atoms with van der Waals surface area (Å²) in [6.07, 6.45) is 7.16. The molecule has 0 saturated carbocycles. The summed E-state index contributed by atoms with van der Waals surface area (Å²) < 4.78 is 73.4. The molecule has 0 aliphatic carbocycles. The molecular formula is C33H39KN2O8S4. The summed E-state index contributed by atoms with van der Waals surface area (Å²) in [6.45, 7) is 12.0. The first-order chi connectivity index (χ1) is 21.8. The summed E-state index contributed by atoms with van der Waals surface area (Å²) in [5.74, 6) is 1.22. The van der Waals surface area contributed by atoms with Crippen LogP contribution < -0.4 is 56.3 Å². The average Bonchev–Trinajstić information content (AvgIpc) is 3.30. The van der Waals surface area contributed by atoms with Crippen molar-refractivity contribution in [2.24, 2.45) is 0 Å². The Balaban J connectivity index is 0.00000625. The first-order valence-corrected chi connectivity index (χ1v) is 19.8. The van der Waals surface area contributed by atoms with Crippen LogP contribution in [0, 0.1) is 0 Å². The van der Waals surface area contributed by atoms with E-state index in [0.717, 1.165) is 22.8 Å². The van der Waals surface area contributed by atoms with Crippen LogP contribution in [0.2, 0.25) is 0 Å². The van der Waals surface area contributed by atoms with E-state index in [4.69, 9.17) is 0 Å². The van der Waals surface area contributed by atoms with E-state index in [0.29, 0.717) is 48.6 Å². The number of benzene rings is 2. The molecule has 0 amide bonds. The summed E-state index contributed by atoms with van der Waals surface area (Å²) in [7, 11) is -9.34. The molecule has 254 valence electrons. The van der Waals surface area contributed by atoms with Gasteiger partial charge in [0.2, 0.25) is 5.69 Å². The van der Waals surface area contributed by atoms with Crippen LogP contribution >= 0.6 is 23.5 Å². The van der Waals surface area contributed by atoms with Crippen LogP contribution in [0.4, 0.5) is 11.4 Å². The van der Waals surface area contributed by atoms with Gasteiger partial charge in [-0.2, -0.15) is 4.58 Å². The SMILES string of the molecule is CC(=O)SCCCN1/C(=C\C=C\C2=[N+](CCCSC(C)=O)c3ccc(S(=O)(=O)[O-])cc3C2(C)C)C(C)(C)c2cc(S(=O)(=O)[O-])ccc21.[K+]. The van der Waals surface area contributed by atoms with Crippen LogP contribution in [0.5, 0.6) is 0 Å². The molecule has 48 heavy (non-hydrogen) atoms. The first kappa shape index (κ1) is 41.3. The second-order valence-corrected chi connectivity index (χ2v) is 17.8. The van der Waals surface area contributed by atoms with E-state index in [1.165, 1.54) is 61.6 Å². The minimum absolute atomic E-state index is 0. The van der Waals surface area contributed by atoms with Gasteiger partial charge in [0.15, 0.2) is 15.9 Å². The minimum Gasteiger partial charge on any atom is -0.744 e. The Bertz CT molecular complexity index is 1920. The van der Waals surface area contributed by atoms with Crippen LogP contribution in [0.25, 0.3) is 0 Å². The maximum atomic E-state index is 11.9. The van der Waals surface area contributed by atoms with Gasteiger partial charge < -0.3 is 14.0 Å². The minimum atomic E-state index is -4.67. The Morgan fingerprint density at radius 3 is 1.94 bits per heavy atom. The Labute approximate surface area is 334 Å². The summed E-state index contributed by atoms with van der Waals surface area (Å²) >= 11 is 2.48. The van der Waals surface area contributed by atoms with Gasteiger partial charge >= 0.3 is 51.4 Å². The van der Waals surface area contributed by atoms with Crippen molar-refractivity contribution >= 4 is 71.1 Å². The fraction of sp³-hybridized carbons (Fsp3) is 0.424. The predicted molar refractivity (Wildman–Crippen MR) is 185 cm³/mol. The molecule has 0 radical (unpaired) electrons. The van der Waals surface area contributed by atoms with Gasteiger partial charge in [0.25, 0.3) is 0 Å². The molecule has 0 aromatic heterocycles. The smallest absolute Gasteiger partial charge is 0.744 e. The Hall–Kier alpha value is -1.11. The molecule has 15 heteroatoms. The summed E-state index contributed by atoms with van der Waals surface area (Å²) in [5, 5.41) is 0.0514. The van der Waals surface area contributed by atoms with Gasteiger partial charge in [-0.25, -0.2) is 16.8 Å². The quantitative estimate of drug-likeness (QED) is 0.136. The van der Waals surface area contributed by atoms with E-state index in [1.807, 2.05) is 45.9 Å². The standard InChI is InChI=1S/C33H40N2O8S4.K/c1-22(36)44-18-8-16-34-28-14-12-24(46(38,39)40)20-26(28)32(3,4)30(34)10-7-11-31-33(5,6)27-21-25(47(41,42)43)13-15-29(27)35(31)17-9-19-45-23(2)37;/h7,10-15,20-21H,8-9,16-19H2,1-6H3,(H-,38,39,40,41,42,43);/q;+1/p-1. The molecule has 2 aliphatic heterocycles. The Morgan fingerprint density at radius 2 is 1.38 bits per heavy atom. The molecule has 0 unspecified atom stereocenters. The van der Waals surface area contributed by atoms with E-state index in [-0.39, 0.29) is 71.4 Å². The van der Waals surface area contributed by atoms with Crippen molar-refractivity contribution in [3.8, 4) is 0 Å². The molecule has 2 aromatic carbocycles. The molecule has 0 atom stereocenters. The summed E-state index contributed by atoms with van der Waals surface area (Å²) in [6, 6.07) is 8.82. The van der Waals surface area contributed by atoms with Crippen LogP contribution in [-0.4, -0.2) is 71.1 Å². The zero-order valence-corrected chi connectivity index (χ0v) is 34.6. The number of fused-ring (bicyclic) bond motifs is 2. The van der Waals surface area contributed by atoms with Crippen molar-refractivity contribution in [3.05, 3.63) is 71.5 Å². The molecule has 2 aliphatic rings. The van der Waals surface area contributed by atoms with Gasteiger partial charge in [-0.3, -0.25) is 9.59 Å². The predicted octanol–water partition coefficient (Wildman–Crippen LogP) is 2.45. The number of thioether (sulfide) groups is 2. The third kappa shape index (κ3) is 9.21. The Kier molecular flexibility index (Phi) is 13.8. The molecular weight excluding hydrogens is 720 g/mol. The van der Waals surface area contributed by atoms with E-state index in [2.05, 4.69) is 9.48 Å². The van der Waals surface area contributed by atoms with Gasteiger partial charge in [0, 0.05) is 72.8 Å². The van der Waals surface area contributed by atoms with Crippen molar-refractivity contribution in [2.45, 2.75) is 75.0 Å². The number of rotatable bonds is 12. The van der Waals surface area contributed by atoms with Crippen LogP contribution in [0.1, 0.15) is 65.5 Å². The number of anilines is 1. The van der Waals surface area contributed by atoms with E-state index >= 15 is 0 Å². The number of hydrogen-bond acceptors (Lipinski definition) is 11. The number of carbonyl (C=O) groups excluding carboxylic acids is 2. The summed E-state index contributed by atoms with van der Waals surface area (Å²) in [5.41, 5.74) is 3.36. The van der Waals surface area contributed by atoms with Crippen LogP contribution in [0.3, 0.4) is 0 Å². The molecule has 10 nitrogen and oxygen atoms in total. The normalized spacial score (nSPS) is 17.5. The Morgan fingerprint density at radius 1 is 0.833 bits per heavy atom. The zero-order chi connectivity index (χ0) is 34.9. The number of carbonyl (C=O) groups is 2. The molecule has 4 rings (SSSR count). The fourth-order valence-electron chi connectivity index (χ4n) is 6.21. The maximum absolute atomic E-state index is 11.9. The first-order valence-electron chi connectivity index (χ1n) is 15.0. The fourth-order valence-corrected chi connectivity index (χ4v) is 8.33. The maximum Gasteiger partial charge on any atom is 1.00 e. The monoisotopic (exact) mass is 758 g/mol. The third-order valence-corrected chi connectivity index (χ3v) is 11.9. The molecule has 0 fully saturated rings. The second-order valence-electron chi connectivity index (χ2n) is 12.5. The molecule has 0 N–H and O–H groups in total. The van der Waals surface area contributed by atoms with Gasteiger partial charge in [0.1, 0.15) is 26.8 Å². The number of nitrogens with zero attached hydrogens (tertiary/aromatic N) is 2. The van der Waals surface area contributed by atoms with Gasteiger partial charge in [-0.15, -0.1) is 0 Å². The van der Waals surface area contributed by atoms with E-state index in [1.54, 1.807) is 12.1 Å². The summed E-state index contributed by atoms with van der Waals surface area (Å²) in [4.78, 5) is 24.5. The van der Waals surface area contributed by atoms with Crippen molar-refractivity contribution in [1.82, 2.24) is 0 Å². The van der Waals surface area contributed by atoms with Crippen molar-refractivity contribution in [2.75, 3.05) is 29.5 Å². The number of hydrogen-bond donors (Lipinski definition) is 0. The van der Waals surface area contributed by atoms with Crippen LogP contribution in [-0.2, 0) is 40.7 Å². The van der Waals surface area contributed by atoms with Gasteiger partial charge in [-0.05, 0) is 62.2 Å². The molecule has 0 saturated heterocycles. The third-order valence-electron chi connectivity index (χ3n) is 8.47.